The third-order valence-electron chi connectivity index (χ3n) is 4.42. The molecule has 1 unspecified atom stereocenters. The van der Waals surface area contributed by atoms with Gasteiger partial charge in [-0.1, -0.05) is 12.1 Å². The molecule has 0 amide bonds. The molecule has 2 aliphatic heterocycles. The molecule has 2 N–H and O–H groups in total. The fraction of sp³-hybridized carbons (Fsp3) is 0.600. The second-order valence-electron chi connectivity index (χ2n) is 5.60. The van der Waals surface area contributed by atoms with Crippen LogP contribution in [0.25, 0.3) is 0 Å². The lowest BCUT2D eigenvalue weighted by Gasteiger charge is -2.39. The second kappa shape index (κ2) is 4.90. The Morgan fingerprint density at radius 2 is 2.17 bits per heavy atom. The van der Waals surface area contributed by atoms with Crippen LogP contribution in [0.2, 0.25) is 0 Å². The average Bonchev–Trinajstić information content (AvgIpc) is 2.85. The summed E-state index contributed by atoms with van der Waals surface area (Å²) >= 11 is 0. The largest absolute Gasteiger partial charge is 0.368 e. The Balaban J connectivity index is 1.78. The highest BCUT2D eigenvalue weighted by Gasteiger charge is 2.30. The zero-order valence-electron chi connectivity index (χ0n) is 11.2. The highest BCUT2D eigenvalue weighted by atomic mass is 15.3. The monoisotopic (exact) mass is 245 g/mol. The first-order valence-corrected chi connectivity index (χ1v) is 7.06. The molecule has 2 aliphatic rings. The third-order valence-corrected chi connectivity index (χ3v) is 4.42. The normalized spacial score (nSPS) is 24.3. The Morgan fingerprint density at radius 3 is 2.94 bits per heavy atom. The van der Waals surface area contributed by atoms with Gasteiger partial charge in [0.15, 0.2) is 0 Å². The molecule has 0 aliphatic carbocycles. The summed E-state index contributed by atoms with van der Waals surface area (Å²) < 4.78 is 0. The van der Waals surface area contributed by atoms with Gasteiger partial charge in [0.25, 0.3) is 0 Å². The van der Waals surface area contributed by atoms with Crippen molar-refractivity contribution in [2.24, 2.45) is 5.73 Å². The first-order valence-electron chi connectivity index (χ1n) is 7.06. The molecule has 0 saturated carbocycles. The van der Waals surface area contributed by atoms with E-state index in [9.17, 15) is 0 Å². The molecule has 3 rings (SSSR count). The van der Waals surface area contributed by atoms with E-state index < -0.39 is 0 Å². The predicted molar refractivity (Wildman–Crippen MR) is 75.9 cm³/mol. The molecule has 2 saturated heterocycles. The maximum Gasteiger partial charge on any atom is 0.0397 e. The highest BCUT2D eigenvalue weighted by Crippen LogP contribution is 2.27. The van der Waals surface area contributed by atoms with Gasteiger partial charge < -0.3 is 10.6 Å². The van der Waals surface area contributed by atoms with Gasteiger partial charge in [0.2, 0.25) is 0 Å². The van der Waals surface area contributed by atoms with E-state index in [0.717, 1.165) is 6.04 Å². The summed E-state index contributed by atoms with van der Waals surface area (Å²) in [5.41, 5.74) is 9.70. The summed E-state index contributed by atoms with van der Waals surface area (Å²) in [6.45, 7) is 7.74. The molecular weight excluding hydrogens is 222 g/mol. The van der Waals surface area contributed by atoms with Gasteiger partial charge in [-0.25, -0.2) is 0 Å². The molecule has 2 heterocycles. The van der Waals surface area contributed by atoms with E-state index in [-0.39, 0.29) is 0 Å². The fourth-order valence-electron chi connectivity index (χ4n) is 3.41. The van der Waals surface area contributed by atoms with Crippen molar-refractivity contribution in [3.05, 3.63) is 29.3 Å². The Labute approximate surface area is 110 Å². The van der Waals surface area contributed by atoms with E-state index in [4.69, 9.17) is 5.73 Å². The van der Waals surface area contributed by atoms with E-state index in [0.29, 0.717) is 6.54 Å². The number of nitrogens with two attached hydrogens (primary N) is 1. The van der Waals surface area contributed by atoms with Gasteiger partial charge in [0.05, 0.1) is 0 Å². The number of piperazine rings is 1. The summed E-state index contributed by atoms with van der Waals surface area (Å²) in [6.07, 6.45) is 2.75. The van der Waals surface area contributed by atoms with Crippen molar-refractivity contribution >= 4 is 5.69 Å². The lowest BCUT2D eigenvalue weighted by Crippen LogP contribution is -2.50. The molecule has 98 valence electrons. The Kier molecular flexibility index (Phi) is 3.27. The summed E-state index contributed by atoms with van der Waals surface area (Å²) in [5.74, 6) is 0. The van der Waals surface area contributed by atoms with Crippen LogP contribution in [0.1, 0.15) is 24.0 Å². The molecule has 18 heavy (non-hydrogen) atoms. The zero-order valence-corrected chi connectivity index (χ0v) is 11.2. The van der Waals surface area contributed by atoms with Crippen LogP contribution in [-0.2, 0) is 6.54 Å². The van der Waals surface area contributed by atoms with Gasteiger partial charge in [-0.15, -0.1) is 0 Å². The van der Waals surface area contributed by atoms with Crippen LogP contribution in [0.4, 0.5) is 5.69 Å². The highest BCUT2D eigenvalue weighted by molar-refractivity contribution is 5.55. The van der Waals surface area contributed by atoms with Crippen LogP contribution in [0.15, 0.2) is 18.2 Å². The molecule has 1 aromatic rings. The van der Waals surface area contributed by atoms with Gasteiger partial charge in [-0.3, -0.25) is 4.90 Å². The molecule has 0 radical (unpaired) electrons. The van der Waals surface area contributed by atoms with Crippen molar-refractivity contribution in [3.8, 4) is 0 Å². The number of nitrogens with zero attached hydrogens (tertiary/aromatic N) is 2. The number of rotatable bonds is 2. The molecule has 0 aromatic heterocycles. The smallest absolute Gasteiger partial charge is 0.0397 e. The number of benzene rings is 1. The molecular formula is C15H23N3. The quantitative estimate of drug-likeness (QED) is 0.861. The van der Waals surface area contributed by atoms with Crippen LogP contribution in [0.5, 0.6) is 0 Å². The molecule has 0 bridgehead atoms. The summed E-state index contributed by atoms with van der Waals surface area (Å²) in [4.78, 5) is 5.21. The fourth-order valence-corrected chi connectivity index (χ4v) is 3.41. The van der Waals surface area contributed by atoms with Gasteiger partial charge >= 0.3 is 0 Å². The predicted octanol–water partition coefficient (Wildman–Crippen LogP) is 1.74. The molecule has 3 nitrogen and oxygen atoms in total. The van der Waals surface area contributed by atoms with Crippen molar-refractivity contribution in [1.29, 1.82) is 0 Å². The molecule has 2 fully saturated rings. The van der Waals surface area contributed by atoms with Crippen molar-refractivity contribution in [2.45, 2.75) is 32.4 Å². The number of fused-ring (bicyclic) bond motifs is 1. The van der Waals surface area contributed by atoms with Crippen LogP contribution in [0, 0.1) is 6.92 Å². The molecule has 1 aromatic carbocycles. The van der Waals surface area contributed by atoms with E-state index in [1.54, 1.807) is 0 Å². The van der Waals surface area contributed by atoms with E-state index in [1.165, 1.54) is 55.8 Å². The standard InChI is InChI=1S/C15H23N3/c1-12-9-13(10-16)4-5-15(12)18-8-7-17-6-2-3-14(17)11-18/h4-5,9,14H,2-3,6-8,10-11,16H2,1H3. The van der Waals surface area contributed by atoms with E-state index in [2.05, 4.69) is 34.9 Å². The Morgan fingerprint density at radius 1 is 1.28 bits per heavy atom. The summed E-state index contributed by atoms with van der Waals surface area (Å²) in [6, 6.07) is 7.44. The minimum absolute atomic E-state index is 0.636. The molecule has 3 heteroatoms. The van der Waals surface area contributed by atoms with Gasteiger partial charge in [-0.05, 0) is 43.5 Å². The first kappa shape index (κ1) is 12.0. The van der Waals surface area contributed by atoms with Gasteiger partial charge in [-0.2, -0.15) is 0 Å². The topological polar surface area (TPSA) is 32.5 Å². The van der Waals surface area contributed by atoms with Crippen molar-refractivity contribution < 1.29 is 0 Å². The minimum atomic E-state index is 0.636. The summed E-state index contributed by atoms with van der Waals surface area (Å²) in [5, 5.41) is 0. The van der Waals surface area contributed by atoms with Gasteiger partial charge in [0.1, 0.15) is 0 Å². The van der Waals surface area contributed by atoms with Gasteiger partial charge in [0, 0.05) is 37.9 Å². The van der Waals surface area contributed by atoms with E-state index in [1.807, 2.05) is 0 Å². The first-order chi connectivity index (χ1) is 8.78. The number of aryl methyl sites for hydroxylation is 1. The SMILES string of the molecule is Cc1cc(CN)ccc1N1CCN2CCCC2C1. The Hall–Kier alpha value is -1.06. The third kappa shape index (κ3) is 2.13. The Bertz CT molecular complexity index is 430. The number of hydrogen-bond donors (Lipinski definition) is 1. The van der Waals surface area contributed by atoms with Crippen LogP contribution < -0.4 is 10.6 Å². The average molecular weight is 245 g/mol. The molecule has 1 atom stereocenters. The van der Waals surface area contributed by atoms with Crippen LogP contribution in [0.3, 0.4) is 0 Å². The maximum absolute atomic E-state index is 5.70. The van der Waals surface area contributed by atoms with Crippen molar-refractivity contribution in [2.75, 3.05) is 31.1 Å². The maximum atomic E-state index is 5.70. The zero-order chi connectivity index (χ0) is 12.5. The summed E-state index contributed by atoms with van der Waals surface area (Å²) in [7, 11) is 0. The van der Waals surface area contributed by atoms with E-state index >= 15 is 0 Å². The molecule has 0 spiro atoms. The minimum Gasteiger partial charge on any atom is -0.368 e. The second-order valence-corrected chi connectivity index (χ2v) is 5.60. The van der Waals surface area contributed by atoms with Crippen LogP contribution >= 0.6 is 0 Å². The van der Waals surface area contributed by atoms with Crippen molar-refractivity contribution in [1.82, 2.24) is 4.90 Å². The number of anilines is 1. The number of hydrogen-bond acceptors (Lipinski definition) is 3. The van der Waals surface area contributed by atoms with Crippen molar-refractivity contribution in [3.63, 3.8) is 0 Å². The lowest BCUT2D eigenvalue weighted by atomic mass is 10.1. The lowest BCUT2D eigenvalue weighted by molar-refractivity contribution is 0.231. The van der Waals surface area contributed by atoms with Crippen LogP contribution in [-0.4, -0.2) is 37.1 Å².